The van der Waals surface area contributed by atoms with Crippen molar-refractivity contribution >= 4 is 21.5 Å². The van der Waals surface area contributed by atoms with E-state index in [1.807, 2.05) is 0 Å². The average molecular weight is 426 g/mol. The molecule has 0 fully saturated rings. The molecule has 0 heterocycles. The number of benzene rings is 5. The van der Waals surface area contributed by atoms with Gasteiger partial charge in [-0.15, -0.1) is 0 Å². The molecule has 0 aliphatic carbocycles. The van der Waals surface area contributed by atoms with Crippen LogP contribution in [0.2, 0.25) is 0 Å². The van der Waals surface area contributed by atoms with Gasteiger partial charge in [0.15, 0.2) is 0 Å². The first-order valence-corrected chi connectivity index (χ1v) is 11.8. The van der Waals surface area contributed by atoms with E-state index in [0.717, 1.165) is 17.5 Å². The van der Waals surface area contributed by atoms with Gasteiger partial charge in [0.2, 0.25) is 0 Å². The summed E-state index contributed by atoms with van der Waals surface area (Å²) < 4.78 is 0. The molecule has 0 aliphatic heterocycles. The maximum absolute atomic E-state index is 3.82. The molecule has 0 unspecified atom stereocenters. The molecular formula is C33H29. The third kappa shape index (κ3) is 4.07. The van der Waals surface area contributed by atoms with Crippen molar-refractivity contribution in [3.8, 4) is 11.1 Å². The highest BCUT2D eigenvalue weighted by Gasteiger charge is 2.25. The molecule has 0 saturated carbocycles. The molecule has 0 saturated heterocycles. The molecule has 5 rings (SSSR count). The summed E-state index contributed by atoms with van der Waals surface area (Å²) in [5, 5.41) is 4.98. The maximum atomic E-state index is 3.82. The lowest BCUT2D eigenvalue weighted by molar-refractivity contribution is 0.592. The minimum Gasteiger partial charge on any atom is -0.0622 e. The van der Waals surface area contributed by atoms with E-state index in [4.69, 9.17) is 0 Å². The molecule has 33 heavy (non-hydrogen) atoms. The zero-order chi connectivity index (χ0) is 23.0. The van der Waals surface area contributed by atoms with Crippen LogP contribution >= 0.6 is 0 Å². The Labute approximate surface area is 197 Å². The highest BCUT2D eigenvalue weighted by Crippen LogP contribution is 2.43. The monoisotopic (exact) mass is 425 g/mol. The van der Waals surface area contributed by atoms with Crippen LogP contribution in [0.5, 0.6) is 0 Å². The molecule has 161 valence electrons. The van der Waals surface area contributed by atoms with Crippen molar-refractivity contribution in [3.63, 3.8) is 0 Å². The Bertz CT molecular complexity index is 1430. The van der Waals surface area contributed by atoms with Crippen LogP contribution in [0.3, 0.4) is 0 Å². The topological polar surface area (TPSA) is 0 Å². The number of hydrogen-bond acceptors (Lipinski definition) is 0. The van der Waals surface area contributed by atoms with Crippen LogP contribution in [0.25, 0.3) is 32.7 Å². The molecule has 3 radical (unpaired) electrons. The fourth-order valence-electron chi connectivity index (χ4n) is 4.68. The first kappa shape index (κ1) is 21.5. The predicted octanol–water partition coefficient (Wildman–Crippen LogP) is 8.80. The molecule has 5 aromatic carbocycles. The number of hydrogen-bond donors (Lipinski definition) is 0. The zero-order valence-electron chi connectivity index (χ0n) is 19.9. The Hall–Kier alpha value is -3.38. The van der Waals surface area contributed by atoms with E-state index in [1.54, 1.807) is 0 Å². The van der Waals surface area contributed by atoms with Gasteiger partial charge in [-0.3, -0.25) is 0 Å². The summed E-state index contributed by atoms with van der Waals surface area (Å²) in [4.78, 5) is 0. The lowest BCUT2D eigenvalue weighted by Gasteiger charge is -2.28. The van der Waals surface area contributed by atoms with Crippen LogP contribution < -0.4 is 0 Å². The van der Waals surface area contributed by atoms with Crippen LogP contribution in [0.4, 0.5) is 0 Å². The Morgan fingerprint density at radius 1 is 0.727 bits per heavy atom. The third-order valence-electron chi connectivity index (χ3n) is 6.38. The largest absolute Gasteiger partial charge is 0.0622 e. The summed E-state index contributed by atoms with van der Waals surface area (Å²) in [5.74, 6) is 0. The van der Waals surface area contributed by atoms with Crippen LogP contribution in [0.1, 0.15) is 49.9 Å². The lowest BCUT2D eigenvalue weighted by atomic mass is 9.76. The zero-order valence-corrected chi connectivity index (χ0v) is 19.9. The van der Waals surface area contributed by atoms with Crippen molar-refractivity contribution in [1.29, 1.82) is 0 Å². The molecule has 0 spiro atoms. The molecule has 0 N–H and O–H groups in total. The first-order chi connectivity index (χ1) is 16.0. The summed E-state index contributed by atoms with van der Waals surface area (Å²) in [6.45, 7) is 9.12. The minimum atomic E-state index is -0.0380. The number of fused-ring (bicyclic) bond motifs is 2. The first-order valence-electron chi connectivity index (χ1n) is 11.8. The number of rotatable bonds is 4. The summed E-state index contributed by atoms with van der Waals surface area (Å²) >= 11 is 0. The quantitative estimate of drug-likeness (QED) is 0.270. The average Bonchev–Trinajstić information content (AvgIpc) is 2.83. The minimum absolute atomic E-state index is 0.0380. The smallest absolute Gasteiger partial charge is 0.0515 e. The Morgan fingerprint density at radius 2 is 1.33 bits per heavy atom. The van der Waals surface area contributed by atoms with Gasteiger partial charge in [-0.25, -0.2) is 0 Å². The fourth-order valence-corrected chi connectivity index (χ4v) is 4.68. The molecule has 0 nitrogen and oxygen atoms in total. The van der Waals surface area contributed by atoms with Crippen molar-refractivity contribution in [1.82, 2.24) is 0 Å². The van der Waals surface area contributed by atoms with E-state index in [9.17, 15) is 0 Å². The van der Waals surface area contributed by atoms with Crippen molar-refractivity contribution in [3.05, 3.63) is 126 Å². The molecule has 0 bridgehead atoms. The van der Waals surface area contributed by atoms with E-state index in [2.05, 4.69) is 131 Å². The normalized spacial score (nSPS) is 11.9. The van der Waals surface area contributed by atoms with Gasteiger partial charge in [0.05, 0.1) is 6.42 Å². The van der Waals surface area contributed by atoms with E-state index in [-0.39, 0.29) is 5.41 Å². The maximum Gasteiger partial charge on any atom is 0.0515 e. The Balaban J connectivity index is 1.94. The molecular weight excluding hydrogens is 396 g/mol. The SMILES string of the molecule is CCc1[c]c(-c2c(C(C)(C)C)cc3ccccc3c2[C]c2ccccc2)c2ccccc2c1. The second kappa shape index (κ2) is 8.52. The highest BCUT2D eigenvalue weighted by atomic mass is 14.3. The molecule has 0 atom stereocenters. The van der Waals surface area contributed by atoms with Crippen molar-refractivity contribution in [2.45, 2.75) is 39.5 Å². The highest BCUT2D eigenvalue weighted by molar-refractivity contribution is 6.03. The molecule has 0 aromatic heterocycles. The molecule has 5 aromatic rings. The van der Waals surface area contributed by atoms with Crippen LogP contribution in [0.15, 0.2) is 91.0 Å². The van der Waals surface area contributed by atoms with Gasteiger partial charge in [-0.05, 0) is 78.9 Å². The summed E-state index contributed by atoms with van der Waals surface area (Å²) in [5.41, 5.74) is 7.20. The van der Waals surface area contributed by atoms with Gasteiger partial charge in [-0.2, -0.15) is 0 Å². The van der Waals surface area contributed by atoms with E-state index in [1.165, 1.54) is 43.8 Å². The molecule has 0 amide bonds. The van der Waals surface area contributed by atoms with Gasteiger partial charge >= 0.3 is 0 Å². The van der Waals surface area contributed by atoms with Gasteiger partial charge in [0, 0.05) is 0 Å². The van der Waals surface area contributed by atoms with Crippen LogP contribution in [-0.4, -0.2) is 0 Å². The van der Waals surface area contributed by atoms with Gasteiger partial charge in [0.25, 0.3) is 0 Å². The van der Waals surface area contributed by atoms with Crippen LogP contribution in [-0.2, 0) is 11.8 Å². The van der Waals surface area contributed by atoms with E-state index in [0.29, 0.717) is 0 Å². The van der Waals surface area contributed by atoms with Crippen LogP contribution in [0, 0.1) is 12.5 Å². The third-order valence-corrected chi connectivity index (χ3v) is 6.38. The fraction of sp³-hybridized carbons (Fsp3) is 0.182. The molecule has 0 heteroatoms. The van der Waals surface area contributed by atoms with Crippen molar-refractivity contribution in [2.75, 3.05) is 0 Å². The van der Waals surface area contributed by atoms with Crippen molar-refractivity contribution < 1.29 is 0 Å². The van der Waals surface area contributed by atoms with Crippen molar-refractivity contribution in [2.24, 2.45) is 0 Å². The number of aryl methyl sites for hydroxylation is 1. The Kier molecular flexibility index (Phi) is 5.54. The predicted molar refractivity (Wildman–Crippen MR) is 142 cm³/mol. The molecule has 0 aliphatic rings. The summed E-state index contributed by atoms with van der Waals surface area (Å²) in [6, 6.07) is 36.4. The lowest BCUT2D eigenvalue weighted by Crippen LogP contribution is -2.14. The summed E-state index contributed by atoms with van der Waals surface area (Å²) in [6.07, 6.45) is 4.76. The van der Waals surface area contributed by atoms with Gasteiger partial charge in [-0.1, -0.05) is 113 Å². The second-order valence-electron chi connectivity index (χ2n) is 9.75. The van der Waals surface area contributed by atoms with Gasteiger partial charge in [0.1, 0.15) is 0 Å². The Morgan fingerprint density at radius 3 is 2.00 bits per heavy atom. The van der Waals surface area contributed by atoms with E-state index >= 15 is 0 Å². The van der Waals surface area contributed by atoms with Gasteiger partial charge < -0.3 is 0 Å². The standard InChI is InChI=1S/C33H29/c1-5-23-19-25-15-9-11-17-27(25)29(20-23)32-30(21-24-13-7-6-8-14-24)28-18-12-10-16-26(28)22-31(32)33(2,3)4/h6-19,22H,5H2,1-4H3. The van der Waals surface area contributed by atoms with E-state index < -0.39 is 0 Å². The summed E-state index contributed by atoms with van der Waals surface area (Å²) in [7, 11) is 0. The second-order valence-corrected chi connectivity index (χ2v) is 9.75.